The summed E-state index contributed by atoms with van der Waals surface area (Å²) in [6, 6.07) is 32.9. The minimum Gasteiger partial charge on any atom is -0.0617 e. The maximum Gasteiger partial charge on any atom is 0.243 e. The lowest BCUT2D eigenvalue weighted by Gasteiger charge is -2.40. The van der Waals surface area contributed by atoms with Crippen LogP contribution in [0.3, 0.4) is 0 Å². The van der Waals surface area contributed by atoms with E-state index in [4.69, 9.17) is 0 Å². The molecule has 174 valence electrons. The van der Waals surface area contributed by atoms with Crippen molar-refractivity contribution in [3.63, 3.8) is 0 Å². The highest BCUT2D eigenvalue weighted by molar-refractivity contribution is 6.98. The summed E-state index contributed by atoms with van der Waals surface area (Å²) in [4.78, 5) is 0. The van der Waals surface area contributed by atoms with Crippen molar-refractivity contribution >= 4 is 23.1 Å². The van der Waals surface area contributed by atoms with E-state index in [2.05, 4.69) is 91.9 Å². The summed E-state index contributed by atoms with van der Waals surface area (Å²) >= 11 is 0. The van der Waals surface area contributed by atoms with Crippen LogP contribution in [0.25, 0.3) is 11.1 Å². The van der Waals surface area contributed by atoms with Crippen LogP contribution in [0.4, 0.5) is 0 Å². The van der Waals surface area contributed by atoms with E-state index in [0.29, 0.717) is 6.71 Å². The third-order valence-electron chi connectivity index (χ3n) is 9.82. The van der Waals surface area contributed by atoms with Crippen molar-refractivity contribution in [2.45, 2.75) is 39.0 Å². The van der Waals surface area contributed by atoms with E-state index in [0.717, 1.165) is 32.1 Å². The Bertz CT molecular complexity index is 1790. The summed E-state index contributed by atoms with van der Waals surface area (Å²) in [5.41, 5.74) is 24.6. The molecule has 3 aliphatic heterocycles. The van der Waals surface area contributed by atoms with Gasteiger partial charge in [0.2, 0.25) is 6.71 Å². The molecule has 37 heavy (non-hydrogen) atoms. The molecule has 9 rings (SSSR count). The summed E-state index contributed by atoms with van der Waals surface area (Å²) in [6.45, 7) is 2.68. The molecule has 0 bridgehead atoms. The van der Waals surface area contributed by atoms with Crippen molar-refractivity contribution in [2.24, 2.45) is 0 Å². The van der Waals surface area contributed by atoms with Gasteiger partial charge in [0.25, 0.3) is 0 Å². The van der Waals surface area contributed by atoms with Gasteiger partial charge in [-0.25, -0.2) is 0 Å². The van der Waals surface area contributed by atoms with Crippen molar-refractivity contribution < 1.29 is 0 Å². The number of aryl methyl sites for hydroxylation is 1. The number of benzene rings is 5. The van der Waals surface area contributed by atoms with Gasteiger partial charge < -0.3 is 0 Å². The second kappa shape index (κ2) is 7.14. The van der Waals surface area contributed by atoms with Crippen LogP contribution >= 0.6 is 0 Å². The lowest BCUT2D eigenvalue weighted by Crippen LogP contribution is -2.64. The van der Waals surface area contributed by atoms with Crippen LogP contribution < -0.4 is 16.4 Å². The summed E-state index contributed by atoms with van der Waals surface area (Å²) in [6.07, 6.45) is 5.29. The van der Waals surface area contributed by atoms with Gasteiger partial charge in [0.1, 0.15) is 0 Å². The highest BCUT2D eigenvalue weighted by Crippen LogP contribution is 2.39. The van der Waals surface area contributed by atoms with Gasteiger partial charge in [-0.05, 0) is 111 Å². The predicted molar refractivity (Wildman–Crippen MR) is 155 cm³/mol. The van der Waals surface area contributed by atoms with E-state index in [1.165, 1.54) is 33.4 Å². The van der Waals surface area contributed by atoms with Gasteiger partial charge in [-0.2, -0.15) is 0 Å². The first-order chi connectivity index (χ1) is 18.2. The van der Waals surface area contributed by atoms with Gasteiger partial charge in [-0.3, -0.25) is 0 Å². The average molecular weight is 470 g/mol. The fraction of sp³-hybridized carbons (Fsp3) is 0.167. The first kappa shape index (κ1) is 20.2. The zero-order valence-corrected chi connectivity index (χ0v) is 21.2. The van der Waals surface area contributed by atoms with E-state index >= 15 is 0 Å². The standard InChI is InChI=1S/C36H27B/c1-21-6-2-7-22-16-23-8-5-13-29(32(23)20-31(21)22)30-15-14-28-18-26-10-3-9-24-17-25-11-4-12-27-19-33(30)36(28)37(34(24)26)35(25)27/h2-15H,16-20H2,1H3. The van der Waals surface area contributed by atoms with Crippen molar-refractivity contribution in [1.29, 1.82) is 0 Å². The molecule has 5 aromatic rings. The fourth-order valence-corrected chi connectivity index (χ4v) is 8.22. The summed E-state index contributed by atoms with van der Waals surface area (Å²) in [7, 11) is 0. The Balaban J connectivity index is 1.30. The predicted octanol–water partition coefficient (Wildman–Crippen LogP) is 5.39. The summed E-state index contributed by atoms with van der Waals surface area (Å²) in [5, 5.41) is 0. The van der Waals surface area contributed by atoms with Crippen LogP contribution in [0.15, 0.2) is 84.9 Å². The molecular formula is C36H27B. The van der Waals surface area contributed by atoms with E-state index in [1.54, 1.807) is 55.3 Å². The molecule has 5 aromatic carbocycles. The maximum atomic E-state index is 2.47. The summed E-state index contributed by atoms with van der Waals surface area (Å²) in [5.74, 6) is 0. The van der Waals surface area contributed by atoms with Crippen LogP contribution in [-0.2, 0) is 32.1 Å². The molecule has 1 aliphatic carbocycles. The Hall–Kier alpha value is -3.84. The van der Waals surface area contributed by atoms with E-state index < -0.39 is 0 Å². The average Bonchev–Trinajstić information content (AvgIpc) is 2.92. The molecule has 0 unspecified atom stereocenters. The van der Waals surface area contributed by atoms with Crippen LogP contribution in [0.2, 0.25) is 0 Å². The van der Waals surface area contributed by atoms with Gasteiger partial charge in [-0.15, -0.1) is 0 Å². The normalized spacial score (nSPS) is 15.1. The van der Waals surface area contributed by atoms with Gasteiger partial charge >= 0.3 is 0 Å². The van der Waals surface area contributed by atoms with Crippen LogP contribution in [0.5, 0.6) is 0 Å². The maximum absolute atomic E-state index is 2.47. The van der Waals surface area contributed by atoms with Crippen molar-refractivity contribution in [2.75, 3.05) is 0 Å². The molecule has 3 heterocycles. The third kappa shape index (κ3) is 2.65. The Morgan fingerprint density at radius 2 is 0.919 bits per heavy atom. The molecule has 0 amide bonds. The molecule has 0 N–H and O–H groups in total. The second-order valence-electron chi connectivity index (χ2n) is 11.6. The molecule has 0 aromatic heterocycles. The van der Waals surface area contributed by atoms with Crippen molar-refractivity contribution in [3.8, 4) is 11.1 Å². The lowest BCUT2D eigenvalue weighted by molar-refractivity contribution is 0.987. The minimum atomic E-state index is 0.404. The fourth-order valence-electron chi connectivity index (χ4n) is 8.22. The van der Waals surface area contributed by atoms with Gasteiger partial charge in [0.15, 0.2) is 0 Å². The number of rotatable bonds is 1. The van der Waals surface area contributed by atoms with E-state index in [1.807, 2.05) is 0 Å². The summed E-state index contributed by atoms with van der Waals surface area (Å²) < 4.78 is 0. The molecule has 0 fully saturated rings. The van der Waals surface area contributed by atoms with Crippen molar-refractivity contribution in [3.05, 3.63) is 146 Å². The quantitative estimate of drug-likeness (QED) is 0.283. The zero-order chi connectivity index (χ0) is 24.2. The van der Waals surface area contributed by atoms with E-state index in [9.17, 15) is 0 Å². The van der Waals surface area contributed by atoms with Gasteiger partial charge in [0.05, 0.1) is 0 Å². The molecule has 0 spiro atoms. The molecule has 0 radical (unpaired) electrons. The van der Waals surface area contributed by atoms with Gasteiger partial charge in [-0.1, -0.05) is 101 Å². The lowest BCUT2D eigenvalue weighted by atomic mass is 9.28. The molecule has 0 saturated carbocycles. The van der Waals surface area contributed by atoms with E-state index in [-0.39, 0.29) is 0 Å². The first-order valence-electron chi connectivity index (χ1n) is 13.8. The Morgan fingerprint density at radius 3 is 1.65 bits per heavy atom. The Labute approximate surface area is 219 Å². The first-order valence-corrected chi connectivity index (χ1v) is 13.8. The highest BCUT2D eigenvalue weighted by Gasteiger charge is 2.42. The minimum absolute atomic E-state index is 0.404. The topological polar surface area (TPSA) is 0 Å². The Morgan fingerprint density at radius 1 is 0.405 bits per heavy atom. The Kier molecular flexibility index (Phi) is 3.91. The monoisotopic (exact) mass is 470 g/mol. The zero-order valence-electron chi connectivity index (χ0n) is 21.2. The smallest absolute Gasteiger partial charge is 0.0617 e. The van der Waals surface area contributed by atoms with Gasteiger partial charge in [0, 0.05) is 0 Å². The molecule has 1 heteroatoms. The van der Waals surface area contributed by atoms with Crippen LogP contribution in [0, 0.1) is 6.92 Å². The number of hydrogen-bond donors (Lipinski definition) is 0. The third-order valence-corrected chi connectivity index (χ3v) is 9.82. The molecule has 0 atom stereocenters. The molecule has 0 nitrogen and oxygen atoms in total. The number of fused-ring (bicyclic) bond motifs is 2. The molecule has 0 saturated heterocycles. The van der Waals surface area contributed by atoms with Crippen LogP contribution in [-0.4, -0.2) is 6.71 Å². The highest BCUT2D eigenvalue weighted by atomic mass is 14.3. The molecular weight excluding hydrogens is 443 g/mol. The SMILES string of the molecule is Cc1cccc2c1Cc1c(cccc1-c1ccc3c4c1Cc1cccc5c1B4c1c(cccc1C3)C5)C2. The second-order valence-corrected chi connectivity index (χ2v) is 11.6. The number of hydrogen-bond acceptors (Lipinski definition) is 0. The van der Waals surface area contributed by atoms with Crippen molar-refractivity contribution in [1.82, 2.24) is 0 Å². The van der Waals surface area contributed by atoms with Crippen LogP contribution in [0.1, 0.15) is 61.2 Å². The largest absolute Gasteiger partial charge is 0.243 e. The molecule has 4 aliphatic rings.